The van der Waals surface area contributed by atoms with Crippen LogP contribution in [0.5, 0.6) is 0 Å². The van der Waals surface area contributed by atoms with Crippen molar-refractivity contribution in [1.82, 2.24) is 19.2 Å². The maximum atomic E-state index is 12.1. The van der Waals surface area contributed by atoms with Gasteiger partial charge in [0.15, 0.2) is 0 Å². The van der Waals surface area contributed by atoms with Gasteiger partial charge in [-0.25, -0.2) is 9.78 Å². The molecule has 3 heterocycles. The zero-order chi connectivity index (χ0) is 33.4. The molecule has 0 unspecified atom stereocenters. The minimum atomic E-state index is -0.950. The van der Waals surface area contributed by atoms with Crippen molar-refractivity contribution in [1.29, 1.82) is 0 Å². The Balaban J connectivity index is 1.41. The lowest BCUT2D eigenvalue weighted by Gasteiger charge is -2.36. The van der Waals surface area contributed by atoms with Crippen LogP contribution in [0.25, 0.3) is 39.2 Å². The Morgan fingerprint density at radius 2 is 1.22 bits per heavy atom. The van der Waals surface area contributed by atoms with Gasteiger partial charge in [-0.1, -0.05) is 121 Å². The molecule has 0 aliphatic heterocycles. The van der Waals surface area contributed by atoms with Crippen molar-refractivity contribution >= 4 is 11.6 Å². The van der Waals surface area contributed by atoms with E-state index in [1.54, 1.807) is 18.3 Å². The van der Waals surface area contributed by atoms with E-state index in [0.29, 0.717) is 5.56 Å². The molecule has 0 atom stereocenters. The number of aromatic nitrogens is 4. The molecular formula is C43H32N4O2. The number of aromatic carboxylic acids is 1. The highest BCUT2D eigenvalue weighted by molar-refractivity contribution is 5.97. The molecule has 0 fully saturated rings. The second kappa shape index (κ2) is 12.2. The molecule has 1 N–H and O–H groups in total. The zero-order valence-electron chi connectivity index (χ0n) is 26.8. The van der Waals surface area contributed by atoms with Crippen molar-refractivity contribution in [2.75, 3.05) is 0 Å². The predicted octanol–water partition coefficient (Wildman–Crippen LogP) is 9.38. The molecular weight excluding hydrogens is 604 g/mol. The first-order valence-electron chi connectivity index (χ1n) is 16.2. The molecule has 0 amide bonds. The average molecular weight is 637 g/mol. The smallest absolute Gasteiger partial charge is 0.336 e. The minimum Gasteiger partial charge on any atom is -0.478 e. The Morgan fingerprint density at radius 1 is 0.633 bits per heavy atom. The first-order chi connectivity index (χ1) is 24.0. The Kier molecular flexibility index (Phi) is 7.46. The third-order valence-electron chi connectivity index (χ3n) is 9.28. The van der Waals surface area contributed by atoms with Gasteiger partial charge in [-0.05, 0) is 64.6 Å². The number of pyridine rings is 1. The molecule has 6 heteroatoms. The molecule has 0 spiro atoms. The summed E-state index contributed by atoms with van der Waals surface area (Å²) in [5, 5.41) is 15.4. The molecule has 0 radical (unpaired) electrons. The fourth-order valence-electron chi connectivity index (χ4n) is 7.00. The van der Waals surface area contributed by atoms with E-state index in [1.807, 2.05) is 66.1 Å². The van der Waals surface area contributed by atoms with E-state index in [-0.39, 0.29) is 5.56 Å². The van der Waals surface area contributed by atoms with Crippen LogP contribution in [0, 0.1) is 6.92 Å². The number of hydrogen-bond donors (Lipinski definition) is 1. The van der Waals surface area contributed by atoms with Crippen LogP contribution >= 0.6 is 0 Å². The highest BCUT2D eigenvalue weighted by Crippen LogP contribution is 2.43. The van der Waals surface area contributed by atoms with Gasteiger partial charge in [0, 0.05) is 41.5 Å². The summed E-state index contributed by atoms with van der Waals surface area (Å²) in [6.07, 6.45) is 7.99. The summed E-state index contributed by atoms with van der Waals surface area (Å²) in [7, 11) is 0. The molecule has 49 heavy (non-hydrogen) atoms. The van der Waals surface area contributed by atoms with Crippen molar-refractivity contribution in [3.63, 3.8) is 0 Å². The van der Waals surface area contributed by atoms with E-state index in [0.717, 1.165) is 55.8 Å². The quantitative estimate of drug-likeness (QED) is 0.169. The van der Waals surface area contributed by atoms with Gasteiger partial charge in [-0.3, -0.25) is 4.68 Å². The Bertz CT molecular complexity index is 2330. The highest BCUT2D eigenvalue weighted by Gasteiger charge is 2.40. The molecule has 0 aliphatic rings. The van der Waals surface area contributed by atoms with E-state index in [4.69, 9.17) is 5.10 Å². The lowest BCUT2D eigenvalue weighted by molar-refractivity contribution is 0.0697. The van der Waals surface area contributed by atoms with E-state index in [2.05, 4.69) is 107 Å². The highest BCUT2D eigenvalue weighted by atomic mass is 16.4. The minimum absolute atomic E-state index is 0.273. The van der Waals surface area contributed by atoms with Gasteiger partial charge in [-0.15, -0.1) is 0 Å². The topological polar surface area (TPSA) is 72.4 Å². The number of aryl methyl sites for hydroxylation is 1. The molecule has 8 aromatic rings. The monoisotopic (exact) mass is 636 g/mol. The summed E-state index contributed by atoms with van der Waals surface area (Å²) < 4.78 is 4.13. The van der Waals surface area contributed by atoms with Crippen molar-refractivity contribution < 1.29 is 9.90 Å². The number of carboxylic acid groups (broad SMARTS) is 1. The van der Waals surface area contributed by atoms with E-state index < -0.39 is 11.5 Å². The lowest BCUT2D eigenvalue weighted by atomic mass is 9.77. The number of nitrogens with zero attached hydrogens (tertiary/aromatic N) is 4. The summed E-state index contributed by atoms with van der Waals surface area (Å²) in [4.78, 5) is 16.6. The SMILES string of the molecule is Cc1cc(-c2nn(C(c3ccccc3)(c3ccccc3)c3ccccc3)cc2-c2ccc3nccn3c2)ccc1-c1ccccc1C(=O)O. The number of carbonyl (C=O) groups is 1. The first-order valence-corrected chi connectivity index (χ1v) is 16.2. The van der Waals surface area contributed by atoms with Gasteiger partial charge in [0.2, 0.25) is 0 Å². The second-order valence-electron chi connectivity index (χ2n) is 12.1. The normalized spacial score (nSPS) is 11.5. The molecule has 236 valence electrons. The third-order valence-corrected chi connectivity index (χ3v) is 9.28. The Morgan fingerprint density at radius 3 is 1.84 bits per heavy atom. The second-order valence-corrected chi connectivity index (χ2v) is 12.1. The van der Waals surface area contributed by atoms with Gasteiger partial charge in [0.05, 0.1) is 5.56 Å². The van der Waals surface area contributed by atoms with Crippen LogP contribution in [-0.4, -0.2) is 30.2 Å². The molecule has 5 aromatic carbocycles. The molecule has 3 aromatic heterocycles. The number of hydrogen-bond acceptors (Lipinski definition) is 3. The molecule has 6 nitrogen and oxygen atoms in total. The fourth-order valence-corrected chi connectivity index (χ4v) is 7.00. The summed E-state index contributed by atoms with van der Waals surface area (Å²) in [6.45, 7) is 2.02. The Labute approximate surface area is 284 Å². The molecule has 0 bridgehead atoms. The van der Waals surface area contributed by atoms with Crippen molar-refractivity contribution in [3.8, 4) is 33.5 Å². The number of benzene rings is 5. The van der Waals surface area contributed by atoms with Crippen LogP contribution in [0.2, 0.25) is 0 Å². The maximum absolute atomic E-state index is 12.1. The largest absolute Gasteiger partial charge is 0.478 e. The van der Waals surface area contributed by atoms with Crippen LogP contribution < -0.4 is 0 Å². The van der Waals surface area contributed by atoms with E-state index in [9.17, 15) is 9.90 Å². The molecule has 0 saturated carbocycles. The van der Waals surface area contributed by atoms with Crippen molar-refractivity contribution in [2.45, 2.75) is 12.5 Å². The maximum Gasteiger partial charge on any atom is 0.336 e. The summed E-state index contributed by atoms with van der Waals surface area (Å²) >= 11 is 0. The van der Waals surface area contributed by atoms with Gasteiger partial charge in [-0.2, -0.15) is 5.10 Å². The Hall–Kier alpha value is -6.53. The number of imidazole rings is 1. The fraction of sp³-hybridized carbons (Fsp3) is 0.0465. The summed E-state index contributed by atoms with van der Waals surface area (Å²) in [5.41, 5.74) is 9.78. The van der Waals surface area contributed by atoms with Crippen LogP contribution in [0.3, 0.4) is 0 Å². The number of fused-ring (bicyclic) bond motifs is 1. The third kappa shape index (κ3) is 5.11. The standard InChI is InChI=1S/C43H32N4O2/c1-30-27-31(21-23-36(30)37-19-11-12-20-38(37)42(48)49)41-39(32-22-24-40-44-25-26-46(40)28-32)29-47(45-41)43(33-13-5-2-6-14-33,34-15-7-3-8-16-34)35-17-9-4-10-18-35/h2-29H,1H3,(H,48,49). The first kappa shape index (κ1) is 29.8. The van der Waals surface area contributed by atoms with Crippen LogP contribution in [0.4, 0.5) is 0 Å². The average Bonchev–Trinajstić information content (AvgIpc) is 3.81. The van der Waals surface area contributed by atoms with Crippen molar-refractivity contribution in [3.05, 3.63) is 198 Å². The van der Waals surface area contributed by atoms with Crippen molar-refractivity contribution in [2.24, 2.45) is 0 Å². The molecule has 8 rings (SSSR count). The molecule has 0 aliphatic carbocycles. The summed E-state index contributed by atoms with van der Waals surface area (Å²) in [5.74, 6) is -0.950. The van der Waals surface area contributed by atoms with Gasteiger partial charge < -0.3 is 9.51 Å². The zero-order valence-corrected chi connectivity index (χ0v) is 26.8. The van der Waals surface area contributed by atoms with Crippen LogP contribution in [-0.2, 0) is 5.54 Å². The summed E-state index contributed by atoms with van der Waals surface area (Å²) in [6, 6.07) is 49.0. The van der Waals surface area contributed by atoms with Crippen LogP contribution in [0.1, 0.15) is 32.6 Å². The number of carboxylic acids is 1. The van der Waals surface area contributed by atoms with E-state index in [1.165, 1.54) is 0 Å². The lowest BCUT2D eigenvalue weighted by Crippen LogP contribution is -2.38. The predicted molar refractivity (Wildman–Crippen MR) is 194 cm³/mol. The van der Waals surface area contributed by atoms with Gasteiger partial charge in [0.1, 0.15) is 16.9 Å². The molecule has 0 saturated heterocycles. The van der Waals surface area contributed by atoms with Gasteiger partial charge in [0.25, 0.3) is 0 Å². The number of rotatable bonds is 8. The van der Waals surface area contributed by atoms with Gasteiger partial charge >= 0.3 is 5.97 Å². The van der Waals surface area contributed by atoms with E-state index >= 15 is 0 Å². The van der Waals surface area contributed by atoms with Crippen LogP contribution in [0.15, 0.2) is 170 Å².